The molecule has 2 aromatic rings. The number of nitriles is 1. The number of carbonyl (C=O) groups excluding carboxylic acids is 1. The lowest BCUT2D eigenvalue weighted by atomic mass is 9.75. The fraction of sp³-hybridized carbons (Fsp3) is 0.520. The van der Waals surface area contributed by atoms with E-state index in [2.05, 4.69) is 19.2 Å². The Kier molecular flexibility index (Phi) is 5.11. The van der Waals surface area contributed by atoms with Gasteiger partial charge in [0, 0.05) is 29.3 Å². The number of ketones is 1. The average Bonchev–Trinajstić information content (AvgIpc) is 3.28. The van der Waals surface area contributed by atoms with Gasteiger partial charge in [-0.05, 0) is 49.7 Å². The predicted molar refractivity (Wildman–Crippen MR) is 117 cm³/mol. The van der Waals surface area contributed by atoms with Gasteiger partial charge in [-0.25, -0.2) is 4.39 Å². The maximum atomic E-state index is 15.1. The number of halogens is 1. The molecule has 168 valence electrons. The Morgan fingerprint density at radius 1 is 1.19 bits per heavy atom. The Hall–Kier alpha value is -2.69. The van der Waals surface area contributed by atoms with Gasteiger partial charge in [0.15, 0.2) is 5.78 Å². The summed E-state index contributed by atoms with van der Waals surface area (Å²) in [6.07, 6.45) is 3.82. The molecule has 1 aliphatic heterocycles. The Balaban J connectivity index is 1.62. The number of hydrogen-bond donors (Lipinski definition) is 2. The number of fused-ring (bicyclic) bond motifs is 3. The highest BCUT2D eigenvalue weighted by Crippen LogP contribution is 2.43. The summed E-state index contributed by atoms with van der Waals surface area (Å²) in [5.41, 5.74) is 4.34. The lowest BCUT2D eigenvalue weighted by Crippen LogP contribution is -2.29. The second-order valence-electron chi connectivity index (χ2n) is 10.1. The summed E-state index contributed by atoms with van der Waals surface area (Å²) in [4.78, 5) is 13.0. The summed E-state index contributed by atoms with van der Waals surface area (Å²) in [7, 11) is 0. The highest BCUT2D eigenvalue weighted by molar-refractivity contribution is 6.01. The molecule has 2 N–H and O–H groups in total. The van der Waals surface area contributed by atoms with Crippen LogP contribution in [0, 0.1) is 22.6 Å². The molecule has 5 rings (SSSR count). The van der Waals surface area contributed by atoms with E-state index in [0.717, 1.165) is 35.4 Å². The van der Waals surface area contributed by atoms with E-state index in [0.29, 0.717) is 50.3 Å². The van der Waals surface area contributed by atoms with E-state index in [9.17, 15) is 15.2 Å². The molecule has 6 nitrogen and oxygen atoms in total. The topological polar surface area (TPSA) is 87.3 Å². The van der Waals surface area contributed by atoms with Crippen LogP contribution in [0.1, 0.15) is 78.8 Å². The van der Waals surface area contributed by atoms with Crippen molar-refractivity contribution in [2.24, 2.45) is 5.41 Å². The van der Waals surface area contributed by atoms with Gasteiger partial charge >= 0.3 is 0 Å². The fourth-order valence-corrected chi connectivity index (χ4v) is 5.52. The lowest BCUT2D eigenvalue weighted by Gasteiger charge is -2.31. The number of aromatic nitrogens is 1. The number of ether oxygens (including phenoxy) is 1. The zero-order valence-electron chi connectivity index (χ0n) is 18.5. The molecule has 0 saturated heterocycles. The van der Waals surface area contributed by atoms with Crippen LogP contribution in [0.4, 0.5) is 10.1 Å². The smallest absolute Gasteiger partial charge is 0.165 e. The number of Topliss-reactive ketones (excluding diaryl/α,β-unsaturated/α-hetero) is 1. The van der Waals surface area contributed by atoms with E-state index >= 15 is 4.39 Å². The SMILES string of the molecule is CC1(C)CC(=O)c2c3c(n(-c4cc(F)c(C#N)c(N[C@H]5CC[C@H](O)CC5)c4)c2C1)COC3. The van der Waals surface area contributed by atoms with E-state index < -0.39 is 5.82 Å². The maximum Gasteiger partial charge on any atom is 0.165 e. The highest BCUT2D eigenvalue weighted by atomic mass is 19.1. The summed E-state index contributed by atoms with van der Waals surface area (Å²) in [6, 6.07) is 5.28. The number of aliphatic hydroxyl groups is 1. The standard InChI is InChI=1S/C25H28FN3O3/c1-25(2)9-21-24(23(31)10-25)18-12-32-13-22(18)29(21)15-7-19(26)17(11-27)20(8-15)28-14-3-5-16(30)6-4-14/h7-8,14,16,28,30H,3-6,9-10,12-13H2,1-2H3/t14-,16-. The van der Waals surface area contributed by atoms with Gasteiger partial charge in [0.05, 0.1) is 36.4 Å². The third kappa shape index (κ3) is 3.52. The minimum Gasteiger partial charge on any atom is -0.393 e. The third-order valence-electron chi connectivity index (χ3n) is 7.03. The van der Waals surface area contributed by atoms with E-state index in [4.69, 9.17) is 4.74 Å². The van der Waals surface area contributed by atoms with Crippen LogP contribution in [0.25, 0.3) is 5.69 Å². The number of aliphatic hydroxyl groups excluding tert-OH is 1. The average molecular weight is 438 g/mol. The van der Waals surface area contributed by atoms with Crippen molar-refractivity contribution in [1.82, 2.24) is 4.57 Å². The number of rotatable bonds is 3. The van der Waals surface area contributed by atoms with Gasteiger partial charge in [0.1, 0.15) is 17.4 Å². The second kappa shape index (κ2) is 7.72. The molecular weight excluding hydrogens is 409 g/mol. The van der Waals surface area contributed by atoms with Crippen molar-refractivity contribution in [2.45, 2.75) is 77.7 Å². The minimum absolute atomic E-state index is 0.00908. The molecule has 1 aromatic carbocycles. The first-order chi connectivity index (χ1) is 15.3. The van der Waals surface area contributed by atoms with Gasteiger partial charge in [-0.3, -0.25) is 4.79 Å². The zero-order valence-corrected chi connectivity index (χ0v) is 18.5. The van der Waals surface area contributed by atoms with Gasteiger partial charge in [-0.15, -0.1) is 0 Å². The van der Waals surface area contributed by atoms with Crippen LogP contribution >= 0.6 is 0 Å². The van der Waals surface area contributed by atoms with Crippen molar-refractivity contribution in [3.8, 4) is 11.8 Å². The van der Waals surface area contributed by atoms with Crippen LogP contribution in [-0.2, 0) is 24.4 Å². The van der Waals surface area contributed by atoms with Crippen LogP contribution < -0.4 is 5.32 Å². The molecule has 1 aromatic heterocycles. The first kappa shape index (κ1) is 21.2. The van der Waals surface area contributed by atoms with Crippen LogP contribution in [0.15, 0.2) is 12.1 Å². The van der Waals surface area contributed by atoms with Crippen molar-refractivity contribution < 1.29 is 19.0 Å². The number of nitrogens with one attached hydrogen (secondary N) is 1. The van der Waals surface area contributed by atoms with Gasteiger partial charge in [0.2, 0.25) is 0 Å². The third-order valence-corrected chi connectivity index (χ3v) is 7.03. The molecule has 0 radical (unpaired) electrons. The predicted octanol–water partition coefficient (Wildman–Crippen LogP) is 4.39. The first-order valence-corrected chi connectivity index (χ1v) is 11.3. The van der Waals surface area contributed by atoms with Gasteiger partial charge in [-0.1, -0.05) is 13.8 Å². The maximum absolute atomic E-state index is 15.1. The molecule has 1 saturated carbocycles. The van der Waals surface area contributed by atoms with E-state index in [1.165, 1.54) is 6.07 Å². The van der Waals surface area contributed by atoms with Crippen LogP contribution in [0.2, 0.25) is 0 Å². The summed E-state index contributed by atoms with van der Waals surface area (Å²) < 4.78 is 22.8. The van der Waals surface area contributed by atoms with Crippen molar-refractivity contribution in [1.29, 1.82) is 5.26 Å². The second-order valence-corrected chi connectivity index (χ2v) is 10.1. The van der Waals surface area contributed by atoms with Crippen molar-refractivity contribution in [3.63, 3.8) is 0 Å². The normalized spacial score (nSPS) is 24.0. The monoisotopic (exact) mass is 437 g/mol. The minimum atomic E-state index is -0.583. The molecule has 3 aliphatic rings. The Bertz CT molecular complexity index is 1140. The highest BCUT2D eigenvalue weighted by Gasteiger charge is 2.39. The number of benzene rings is 1. The fourth-order valence-electron chi connectivity index (χ4n) is 5.52. The van der Waals surface area contributed by atoms with Crippen LogP contribution in [-0.4, -0.2) is 27.6 Å². The summed E-state index contributed by atoms with van der Waals surface area (Å²) in [5.74, 6) is -0.468. The molecule has 0 atom stereocenters. The zero-order chi connectivity index (χ0) is 22.6. The number of hydrogen-bond acceptors (Lipinski definition) is 5. The molecule has 0 spiro atoms. The molecular formula is C25H28FN3O3. The van der Waals surface area contributed by atoms with E-state index in [1.807, 2.05) is 16.7 Å². The number of nitrogens with zero attached hydrogens (tertiary/aromatic N) is 2. The molecule has 0 unspecified atom stereocenters. The number of anilines is 1. The largest absolute Gasteiger partial charge is 0.393 e. The summed E-state index contributed by atoms with van der Waals surface area (Å²) in [6.45, 7) is 4.93. The molecule has 1 fully saturated rings. The Labute approximate surface area is 187 Å². The van der Waals surface area contributed by atoms with E-state index in [1.54, 1.807) is 0 Å². The van der Waals surface area contributed by atoms with E-state index in [-0.39, 0.29) is 28.9 Å². The quantitative estimate of drug-likeness (QED) is 0.744. The van der Waals surface area contributed by atoms with Crippen molar-refractivity contribution >= 4 is 11.5 Å². The first-order valence-electron chi connectivity index (χ1n) is 11.3. The molecule has 2 aliphatic carbocycles. The molecule has 32 heavy (non-hydrogen) atoms. The molecule has 0 bridgehead atoms. The summed E-state index contributed by atoms with van der Waals surface area (Å²) in [5, 5.41) is 22.7. The van der Waals surface area contributed by atoms with Gasteiger partial charge < -0.3 is 19.7 Å². The van der Waals surface area contributed by atoms with Gasteiger partial charge in [0.25, 0.3) is 0 Å². The van der Waals surface area contributed by atoms with Crippen molar-refractivity contribution in [3.05, 3.63) is 46.0 Å². The summed E-state index contributed by atoms with van der Waals surface area (Å²) >= 11 is 0. The van der Waals surface area contributed by atoms with Crippen LogP contribution in [0.5, 0.6) is 0 Å². The molecule has 0 amide bonds. The van der Waals surface area contributed by atoms with Crippen LogP contribution in [0.3, 0.4) is 0 Å². The molecule has 7 heteroatoms. The molecule has 2 heterocycles. The number of carbonyl (C=O) groups is 1. The van der Waals surface area contributed by atoms with Gasteiger partial charge in [-0.2, -0.15) is 5.26 Å². The Morgan fingerprint density at radius 3 is 2.66 bits per heavy atom. The van der Waals surface area contributed by atoms with Crippen molar-refractivity contribution in [2.75, 3.05) is 5.32 Å². The Morgan fingerprint density at radius 2 is 1.94 bits per heavy atom. The lowest BCUT2D eigenvalue weighted by molar-refractivity contribution is 0.0900.